The quantitative estimate of drug-likeness (QED) is 0.751. The molecule has 2 heterocycles. The number of hydrogen-bond acceptors (Lipinski definition) is 5. The van der Waals surface area contributed by atoms with Crippen LogP contribution in [0.5, 0.6) is 0 Å². The van der Waals surface area contributed by atoms with Crippen molar-refractivity contribution in [3.05, 3.63) is 46.3 Å². The van der Waals surface area contributed by atoms with E-state index < -0.39 is 10.0 Å². The van der Waals surface area contributed by atoms with Crippen molar-refractivity contribution in [1.82, 2.24) is 19.4 Å². The zero-order valence-electron chi connectivity index (χ0n) is 18.2. The van der Waals surface area contributed by atoms with Gasteiger partial charge in [0.05, 0.1) is 30.6 Å². The summed E-state index contributed by atoms with van der Waals surface area (Å²) in [6, 6.07) is 5.95. The monoisotopic (exact) mass is 434 g/mol. The molecule has 164 valence electrons. The Morgan fingerprint density at radius 1 is 1.17 bits per heavy atom. The van der Waals surface area contributed by atoms with Gasteiger partial charge >= 0.3 is 0 Å². The van der Waals surface area contributed by atoms with E-state index in [-0.39, 0.29) is 23.4 Å². The Hall–Kier alpha value is -2.23. The normalized spacial score (nSPS) is 16.4. The van der Waals surface area contributed by atoms with E-state index in [2.05, 4.69) is 16.5 Å². The molecular weight excluding hydrogens is 404 g/mol. The molecule has 1 aromatic heterocycles. The largest absolute Gasteiger partial charge is 0.379 e. The first-order valence-electron chi connectivity index (χ1n) is 10.1. The van der Waals surface area contributed by atoms with E-state index in [4.69, 9.17) is 4.74 Å². The molecule has 1 aliphatic rings. The number of carbonyl (C=O) groups excluding carboxylic acids is 1. The van der Waals surface area contributed by atoms with E-state index in [9.17, 15) is 13.2 Å². The minimum absolute atomic E-state index is 0.0412. The molecule has 1 unspecified atom stereocenters. The number of rotatable bonds is 6. The smallest absolute Gasteiger partial charge is 0.246 e. The van der Waals surface area contributed by atoms with Gasteiger partial charge in [0.25, 0.3) is 0 Å². The number of nitrogens with zero attached hydrogens (tertiary/aromatic N) is 3. The number of benzene rings is 1. The SMILES string of the molecule is Cc1ccc(C(C)NC(=O)Cn2nc(C)c(S(=O)(=O)N3CCOCC3)c2C)cc1C. The minimum Gasteiger partial charge on any atom is -0.379 e. The van der Waals surface area contributed by atoms with Crippen LogP contribution < -0.4 is 5.32 Å². The molecule has 1 amide bonds. The second-order valence-electron chi connectivity index (χ2n) is 7.81. The maximum Gasteiger partial charge on any atom is 0.246 e. The number of aromatic nitrogens is 2. The van der Waals surface area contributed by atoms with Gasteiger partial charge in [-0.3, -0.25) is 9.48 Å². The summed E-state index contributed by atoms with van der Waals surface area (Å²) in [7, 11) is -3.67. The molecule has 1 atom stereocenters. The summed E-state index contributed by atoms with van der Waals surface area (Å²) in [6.07, 6.45) is 0. The van der Waals surface area contributed by atoms with E-state index >= 15 is 0 Å². The highest BCUT2D eigenvalue weighted by molar-refractivity contribution is 7.89. The molecule has 1 saturated heterocycles. The van der Waals surface area contributed by atoms with Gasteiger partial charge in [-0.05, 0) is 51.3 Å². The summed E-state index contributed by atoms with van der Waals surface area (Å²) < 4.78 is 34.3. The van der Waals surface area contributed by atoms with Crippen molar-refractivity contribution in [2.75, 3.05) is 26.3 Å². The number of hydrogen-bond donors (Lipinski definition) is 1. The van der Waals surface area contributed by atoms with Crippen molar-refractivity contribution in [3.63, 3.8) is 0 Å². The average Bonchev–Trinajstić information content (AvgIpc) is 2.98. The molecule has 1 aromatic carbocycles. The van der Waals surface area contributed by atoms with Gasteiger partial charge < -0.3 is 10.1 Å². The van der Waals surface area contributed by atoms with Gasteiger partial charge in [0, 0.05) is 13.1 Å². The fourth-order valence-electron chi connectivity index (χ4n) is 3.66. The van der Waals surface area contributed by atoms with Crippen LogP contribution >= 0.6 is 0 Å². The van der Waals surface area contributed by atoms with Gasteiger partial charge in [-0.1, -0.05) is 18.2 Å². The first kappa shape index (κ1) is 22.5. The Balaban J connectivity index is 1.74. The predicted octanol–water partition coefficient (Wildman–Crippen LogP) is 2.02. The van der Waals surface area contributed by atoms with Crippen molar-refractivity contribution >= 4 is 15.9 Å². The lowest BCUT2D eigenvalue weighted by Gasteiger charge is -2.26. The number of amides is 1. The first-order chi connectivity index (χ1) is 14.1. The fraction of sp³-hybridized carbons (Fsp3) is 0.524. The van der Waals surface area contributed by atoms with E-state index in [0.29, 0.717) is 37.7 Å². The summed E-state index contributed by atoms with van der Waals surface area (Å²) in [5.74, 6) is -0.221. The van der Waals surface area contributed by atoms with Crippen LogP contribution in [0.25, 0.3) is 0 Å². The molecule has 1 aliphatic heterocycles. The lowest BCUT2D eigenvalue weighted by Crippen LogP contribution is -2.41. The van der Waals surface area contributed by atoms with E-state index in [1.165, 1.54) is 20.1 Å². The topological polar surface area (TPSA) is 93.5 Å². The number of morpholine rings is 1. The van der Waals surface area contributed by atoms with Gasteiger partial charge in [-0.2, -0.15) is 9.40 Å². The number of ether oxygens (including phenoxy) is 1. The van der Waals surface area contributed by atoms with Gasteiger partial charge in [0.15, 0.2) is 0 Å². The van der Waals surface area contributed by atoms with Crippen LogP contribution in [0.2, 0.25) is 0 Å². The van der Waals surface area contributed by atoms with Gasteiger partial charge in [0.2, 0.25) is 15.9 Å². The lowest BCUT2D eigenvalue weighted by atomic mass is 10.0. The van der Waals surface area contributed by atoms with E-state index in [0.717, 1.165) is 5.56 Å². The van der Waals surface area contributed by atoms with Crippen LogP contribution in [0.3, 0.4) is 0 Å². The molecule has 30 heavy (non-hydrogen) atoms. The van der Waals surface area contributed by atoms with Crippen molar-refractivity contribution in [2.24, 2.45) is 0 Å². The predicted molar refractivity (Wildman–Crippen MR) is 114 cm³/mol. The molecular formula is C21H30N4O4S. The van der Waals surface area contributed by atoms with Crippen molar-refractivity contribution in [3.8, 4) is 0 Å². The van der Waals surface area contributed by atoms with E-state index in [1.54, 1.807) is 13.8 Å². The highest BCUT2D eigenvalue weighted by atomic mass is 32.2. The fourth-order valence-corrected chi connectivity index (χ4v) is 5.45. The number of carbonyl (C=O) groups is 1. The molecule has 0 radical (unpaired) electrons. The molecule has 3 rings (SSSR count). The maximum atomic E-state index is 13.1. The summed E-state index contributed by atoms with van der Waals surface area (Å²) in [6.45, 7) is 10.7. The van der Waals surface area contributed by atoms with Crippen LogP contribution in [0, 0.1) is 27.7 Å². The number of sulfonamides is 1. The average molecular weight is 435 g/mol. The number of aryl methyl sites for hydroxylation is 3. The zero-order valence-corrected chi connectivity index (χ0v) is 19.0. The molecule has 0 spiro atoms. The third-order valence-electron chi connectivity index (χ3n) is 5.58. The minimum atomic E-state index is -3.67. The molecule has 0 aliphatic carbocycles. The van der Waals surface area contributed by atoms with Crippen molar-refractivity contribution < 1.29 is 17.9 Å². The Kier molecular flexibility index (Phi) is 6.64. The molecule has 0 bridgehead atoms. The Labute approximate surface area is 178 Å². The summed E-state index contributed by atoms with van der Waals surface area (Å²) in [4.78, 5) is 12.8. The third kappa shape index (κ3) is 4.58. The zero-order chi connectivity index (χ0) is 22.1. The second-order valence-corrected chi connectivity index (χ2v) is 9.68. The summed E-state index contributed by atoms with van der Waals surface area (Å²) in [5.41, 5.74) is 4.26. The Bertz CT molecular complexity index is 1040. The molecule has 2 aromatic rings. The first-order valence-corrected chi connectivity index (χ1v) is 11.5. The van der Waals surface area contributed by atoms with E-state index in [1.807, 2.05) is 32.9 Å². The van der Waals surface area contributed by atoms with Crippen LogP contribution in [-0.2, 0) is 26.1 Å². The van der Waals surface area contributed by atoms with Crippen LogP contribution in [0.15, 0.2) is 23.1 Å². The van der Waals surface area contributed by atoms with Crippen LogP contribution in [-0.4, -0.2) is 54.7 Å². The molecule has 1 N–H and O–H groups in total. The van der Waals surface area contributed by atoms with Gasteiger partial charge in [-0.15, -0.1) is 0 Å². The summed E-state index contributed by atoms with van der Waals surface area (Å²) in [5, 5.41) is 7.31. The van der Waals surface area contributed by atoms with Crippen LogP contribution in [0.4, 0.5) is 0 Å². The third-order valence-corrected chi connectivity index (χ3v) is 7.74. The van der Waals surface area contributed by atoms with Crippen molar-refractivity contribution in [2.45, 2.75) is 52.1 Å². The maximum absolute atomic E-state index is 13.1. The Morgan fingerprint density at radius 2 is 1.83 bits per heavy atom. The standard InChI is InChI=1S/C21H30N4O4S/c1-14-6-7-19(12-15(14)2)16(3)22-20(26)13-25-18(5)21(17(4)23-25)30(27,28)24-8-10-29-11-9-24/h6-7,12,16H,8-11,13H2,1-5H3,(H,22,26). The van der Waals surface area contributed by atoms with Gasteiger partial charge in [-0.25, -0.2) is 8.42 Å². The van der Waals surface area contributed by atoms with Crippen molar-refractivity contribution in [1.29, 1.82) is 0 Å². The molecule has 8 nitrogen and oxygen atoms in total. The van der Waals surface area contributed by atoms with Crippen LogP contribution in [0.1, 0.15) is 41.0 Å². The lowest BCUT2D eigenvalue weighted by molar-refractivity contribution is -0.122. The highest BCUT2D eigenvalue weighted by Crippen LogP contribution is 2.24. The summed E-state index contributed by atoms with van der Waals surface area (Å²) >= 11 is 0. The highest BCUT2D eigenvalue weighted by Gasteiger charge is 2.32. The molecule has 0 saturated carbocycles. The number of nitrogens with one attached hydrogen (secondary N) is 1. The molecule has 9 heteroatoms. The Morgan fingerprint density at radius 3 is 2.47 bits per heavy atom. The molecule has 1 fully saturated rings. The second kappa shape index (κ2) is 8.87. The van der Waals surface area contributed by atoms with Gasteiger partial charge in [0.1, 0.15) is 11.4 Å².